The van der Waals surface area contributed by atoms with Crippen molar-refractivity contribution in [3.63, 3.8) is 0 Å². The van der Waals surface area contributed by atoms with Crippen molar-refractivity contribution in [1.82, 2.24) is 0 Å². The third-order valence-electron chi connectivity index (χ3n) is 2.51. The van der Waals surface area contributed by atoms with E-state index in [0.717, 1.165) is 12.1 Å². The fraction of sp³-hybridized carbons (Fsp3) is 0. The third-order valence-corrected chi connectivity index (χ3v) is 2.51. The van der Waals surface area contributed by atoms with Crippen molar-refractivity contribution < 1.29 is 13.6 Å². The Bertz CT molecular complexity index is 644. The highest BCUT2D eigenvalue weighted by Crippen LogP contribution is 2.24. The average molecular weight is 263 g/mol. The van der Waals surface area contributed by atoms with E-state index in [1.165, 1.54) is 18.2 Å². The van der Waals surface area contributed by atoms with E-state index in [2.05, 4.69) is 5.32 Å². The van der Waals surface area contributed by atoms with E-state index in [9.17, 15) is 13.6 Å². The maximum Gasteiger partial charge on any atom is 0.250 e. The molecule has 2 aromatic rings. The second-order valence-corrected chi connectivity index (χ2v) is 3.92. The minimum Gasteiger partial charge on any atom is -0.399 e. The lowest BCUT2D eigenvalue weighted by Crippen LogP contribution is -2.13. The minimum atomic E-state index is -0.985. The number of primary amides is 1. The number of anilines is 3. The monoisotopic (exact) mass is 263 g/mol. The number of nitrogen functional groups attached to an aromatic ring is 1. The molecule has 0 fully saturated rings. The molecule has 0 aliphatic heterocycles. The van der Waals surface area contributed by atoms with Crippen molar-refractivity contribution in [1.29, 1.82) is 0 Å². The van der Waals surface area contributed by atoms with Crippen molar-refractivity contribution in [2.24, 2.45) is 5.73 Å². The molecular formula is C13H11F2N3O. The Morgan fingerprint density at radius 3 is 2.42 bits per heavy atom. The lowest BCUT2D eigenvalue weighted by atomic mass is 10.1. The van der Waals surface area contributed by atoms with E-state index in [1.807, 2.05) is 0 Å². The maximum absolute atomic E-state index is 13.1. The molecule has 0 aliphatic carbocycles. The Labute approximate surface area is 108 Å². The van der Waals surface area contributed by atoms with Gasteiger partial charge in [-0.15, -0.1) is 0 Å². The van der Waals surface area contributed by atoms with Crippen LogP contribution in [0.2, 0.25) is 0 Å². The lowest BCUT2D eigenvalue weighted by molar-refractivity contribution is 0.100. The van der Waals surface area contributed by atoms with Gasteiger partial charge in [-0.25, -0.2) is 8.78 Å². The molecule has 1 amide bonds. The zero-order valence-corrected chi connectivity index (χ0v) is 9.78. The minimum absolute atomic E-state index is 0.171. The predicted molar refractivity (Wildman–Crippen MR) is 69.0 cm³/mol. The highest BCUT2D eigenvalue weighted by molar-refractivity contribution is 6.00. The summed E-state index contributed by atoms with van der Waals surface area (Å²) in [5, 5.41) is 2.79. The van der Waals surface area contributed by atoms with Crippen LogP contribution in [0.1, 0.15) is 10.4 Å². The summed E-state index contributed by atoms with van der Waals surface area (Å²) < 4.78 is 25.9. The number of hydrogen-bond donors (Lipinski definition) is 3. The van der Waals surface area contributed by atoms with Gasteiger partial charge in [-0.05, 0) is 30.3 Å². The van der Waals surface area contributed by atoms with Crippen LogP contribution in [0.15, 0.2) is 36.4 Å². The molecule has 2 aromatic carbocycles. The summed E-state index contributed by atoms with van der Waals surface area (Å²) in [7, 11) is 0. The molecule has 19 heavy (non-hydrogen) atoms. The highest BCUT2D eigenvalue weighted by Gasteiger charge is 2.10. The second-order valence-electron chi connectivity index (χ2n) is 3.92. The Hall–Kier alpha value is -2.63. The molecular weight excluding hydrogens is 252 g/mol. The van der Waals surface area contributed by atoms with Gasteiger partial charge < -0.3 is 16.8 Å². The third kappa shape index (κ3) is 2.79. The number of nitrogens with one attached hydrogen (secondary N) is 1. The topological polar surface area (TPSA) is 81.1 Å². The van der Waals surface area contributed by atoms with Crippen LogP contribution in [0, 0.1) is 11.6 Å². The van der Waals surface area contributed by atoms with Gasteiger partial charge in [0.05, 0.1) is 11.3 Å². The number of nitrogens with two attached hydrogens (primary N) is 2. The van der Waals surface area contributed by atoms with Gasteiger partial charge in [-0.1, -0.05) is 0 Å². The summed E-state index contributed by atoms with van der Waals surface area (Å²) in [4.78, 5) is 11.3. The van der Waals surface area contributed by atoms with Gasteiger partial charge in [0, 0.05) is 17.4 Å². The standard InChI is InChI=1S/C13H11F2N3O/c14-10-3-2-8(6-11(10)15)18-12-4-1-7(16)5-9(12)13(17)19/h1-6,18H,16H2,(H2,17,19). The molecule has 2 rings (SSSR count). The summed E-state index contributed by atoms with van der Waals surface area (Å²) in [6.45, 7) is 0. The van der Waals surface area contributed by atoms with E-state index in [0.29, 0.717) is 17.1 Å². The average Bonchev–Trinajstić information content (AvgIpc) is 2.36. The smallest absolute Gasteiger partial charge is 0.250 e. The largest absolute Gasteiger partial charge is 0.399 e. The fourth-order valence-corrected chi connectivity index (χ4v) is 1.60. The SMILES string of the molecule is NC(=O)c1cc(N)ccc1Nc1ccc(F)c(F)c1. The first-order valence-electron chi connectivity index (χ1n) is 5.39. The van der Waals surface area contributed by atoms with Gasteiger partial charge in [0.2, 0.25) is 0 Å². The van der Waals surface area contributed by atoms with Crippen molar-refractivity contribution >= 4 is 23.0 Å². The van der Waals surface area contributed by atoms with Gasteiger partial charge in [0.25, 0.3) is 5.91 Å². The van der Waals surface area contributed by atoms with Crippen LogP contribution < -0.4 is 16.8 Å². The number of amides is 1. The van der Waals surface area contributed by atoms with Gasteiger partial charge in [0.1, 0.15) is 0 Å². The Morgan fingerprint density at radius 2 is 1.79 bits per heavy atom. The number of hydrogen-bond acceptors (Lipinski definition) is 3. The lowest BCUT2D eigenvalue weighted by Gasteiger charge is -2.11. The number of carbonyl (C=O) groups is 1. The van der Waals surface area contributed by atoms with Gasteiger partial charge in [-0.2, -0.15) is 0 Å². The molecule has 98 valence electrons. The highest BCUT2D eigenvalue weighted by atomic mass is 19.2. The van der Waals surface area contributed by atoms with Crippen molar-refractivity contribution in [3.05, 3.63) is 53.6 Å². The molecule has 0 saturated heterocycles. The van der Waals surface area contributed by atoms with E-state index in [-0.39, 0.29) is 5.56 Å². The van der Waals surface area contributed by atoms with E-state index in [4.69, 9.17) is 11.5 Å². The zero-order valence-electron chi connectivity index (χ0n) is 9.78. The Kier molecular flexibility index (Phi) is 3.33. The molecule has 0 radical (unpaired) electrons. The summed E-state index contributed by atoms with van der Waals surface area (Å²) >= 11 is 0. The first-order chi connectivity index (χ1) is 8.97. The van der Waals surface area contributed by atoms with Gasteiger partial charge in [-0.3, -0.25) is 4.79 Å². The quantitative estimate of drug-likeness (QED) is 0.744. The van der Waals surface area contributed by atoms with Crippen LogP contribution in [-0.2, 0) is 0 Å². The van der Waals surface area contributed by atoms with E-state index >= 15 is 0 Å². The van der Waals surface area contributed by atoms with Crippen molar-refractivity contribution in [2.45, 2.75) is 0 Å². The number of halogens is 2. The zero-order chi connectivity index (χ0) is 14.0. The molecule has 0 aromatic heterocycles. The maximum atomic E-state index is 13.1. The number of benzene rings is 2. The van der Waals surface area contributed by atoms with Crippen molar-refractivity contribution in [2.75, 3.05) is 11.1 Å². The molecule has 0 unspecified atom stereocenters. The Balaban J connectivity index is 2.37. The van der Waals surface area contributed by atoms with Crippen LogP contribution >= 0.6 is 0 Å². The summed E-state index contributed by atoms with van der Waals surface area (Å²) in [5.41, 5.74) is 12.0. The summed E-state index contributed by atoms with van der Waals surface area (Å²) in [5.74, 6) is -2.60. The first kappa shape index (κ1) is 12.8. The van der Waals surface area contributed by atoms with Crippen molar-refractivity contribution in [3.8, 4) is 0 Å². The molecule has 0 spiro atoms. The molecule has 0 saturated carbocycles. The second kappa shape index (κ2) is 4.93. The molecule has 0 aliphatic rings. The predicted octanol–water partition coefficient (Wildman–Crippen LogP) is 2.39. The summed E-state index contributed by atoms with van der Waals surface area (Å²) in [6.07, 6.45) is 0. The summed E-state index contributed by atoms with van der Waals surface area (Å²) in [6, 6.07) is 7.82. The molecule has 0 bridgehead atoms. The molecule has 6 heteroatoms. The number of rotatable bonds is 3. The normalized spacial score (nSPS) is 10.2. The van der Waals surface area contributed by atoms with Crippen LogP contribution in [0.5, 0.6) is 0 Å². The van der Waals surface area contributed by atoms with Crippen LogP contribution in [0.3, 0.4) is 0 Å². The van der Waals surface area contributed by atoms with Gasteiger partial charge >= 0.3 is 0 Å². The van der Waals surface area contributed by atoms with E-state index in [1.54, 1.807) is 6.07 Å². The molecule has 0 atom stereocenters. The molecule has 5 N–H and O–H groups in total. The van der Waals surface area contributed by atoms with E-state index < -0.39 is 17.5 Å². The molecule has 4 nitrogen and oxygen atoms in total. The Morgan fingerprint density at radius 1 is 1.05 bits per heavy atom. The first-order valence-corrected chi connectivity index (χ1v) is 5.39. The molecule has 0 heterocycles. The van der Waals surface area contributed by atoms with Gasteiger partial charge in [0.15, 0.2) is 11.6 Å². The van der Waals surface area contributed by atoms with Crippen LogP contribution in [0.25, 0.3) is 0 Å². The van der Waals surface area contributed by atoms with Crippen LogP contribution in [-0.4, -0.2) is 5.91 Å². The number of carbonyl (C=O) groups excluding carboxylic acids is 1. The van der Waals surface area contributed by atoms with Crippen LogP contribution in [0.4, 0.5) is 25.8 Å². The fourth-order valence-electron chi connectivity index (χ4n) is 1.60.